The van der Waals surface area contributed by atoms with E-state index in [-0.39, 0.29) is 6.04 Å². The minimum atomic E-state index is -0.478. The number of benzene rings is 1. The lowest BCUT2D eigenvalue weighted by atomic mass is 10.1. The Bertz CT molecular complexity index is 354. The van der Waals surface area contributed by atoms with Gasteiger partial charge in [-0.3, -0.25) is 0 Å². The third-order valence-corrected chi connectivity index (χ3v) is 3.04. The van der Waals surface area contributed by atoms with E-state index in [1.165, 1.54) is 0 Å². The van der Waals surface area contributed by atoms with Crippen LogP contribution in [0.4, 0.5) is 0 Å². The summed E-state index contributed by atoms with van der Waals surface area (Å²) in [5.74, 6) is 0.494. The van der Waals surface area contributed by atoms with Crippen LogP contribution >= 0.6 is 11.6 Å². The fraction of sp³-hybridized carbons (Fsp3) is 0.600. The van der Waals surface area contributed by atoms with Crippen LogP contribution in [0.1, 0.15) is 32.4 Å². The minimum absolute atomic E-state index is 0.178. The van der Waals surface area contributed by atoms with Crippen LogP contribution in [0.25, 0.3) is 0 Å². The van der Waals surface area contributed by atoms with Crippen molar-refractivity contribution in [2.75, 3.05) is 19.8 Å². The summed E-state index contributed by atoms with van der Waals surface area (Å²) in [6.07, 6.45) is -0.478. The van der Waals surface area contributed by atoms with Gasteiger partial charge in [0.15, 0.2) is 0 Å². The molecule has 0 fully saturated rings. The van der Waals surface area contributed by atoms with Gasteiger partial charge in [0.05, 0.1) is 12.7 Å². The molecule has 0 aliphatic carbocycles. The van der Waals surface area contributed by atoms with Crippen LogP contribution in [0, 0.1) is 5.92 Å². The molecular formula is C15H24ClNO2. The molecule has 0 spiro atoms. The predicted octanol–water partition coefficient (Wildman–Crippen LogP) is 3.02. The maximum atomic E-state index is 9.79. The third kappa shape index (κ3) is 6.92. The summed E-state index contributed by atoms with van der Waals surface area (Å²) in [6.45, 7) is 7.82. The van der Waals surface area contributed by atoms with Gasteiger partial charge in [-0.2, -0.15) is 0 Å². The van der Waals surface area contributed by atoms with Crippen molar-refractivity contribution in [1.82, 2.24) is 5.32 Å². The van der Waals surface area contributed by atoms with Crippen molar-refractivity contribution in [3.05, 3.63) is 34.9 Å². The number of aliphatic hydroxyl groups excluding tert-OH is 1. The van der Waals surface area contributed by atoms with Crippen LogP contribution in [0.3, 0.4) is 0 Å². The minimum Gasteiger partial charge on any atom is -0.389 e. The van der Waals surface area contributed by atoms with Gasteiger partial charge in [0, 0.05) is 24.2 Å². The van der Waals surface area contributed by atoms with Gasteiger partial charge in [0.2, 0.25) is 0 Å². The van der Waals surface area contributed by atoms with Crippen LogP contribution in [-0.4, -0.2) is 31.0 Å². The highest BCUT2D eigenvalue weighted by Gasteiger charge is 2.09. The molecule has 4 heteroatoms. The van der Waals surface area contributed by atoms with Crippen molar-refractivity contribution < 1.29 is 9.84 Å². The fourth-order valence-electron chi connectivity index (χ4n) is 1.68. The lowest BCUT2D eigenvalue weighted by molar-refractivity contribution is 0.0252. The number of hydrogen-bond donors (Lipinski definition) is 2. The van der Waals surface area contributed by atoms with Gasteiger partial charge in [0.1, 0.15) is 0 Å². The second-order valence-electron chi connectivity index (χ2n) is 5.27. The topological polar surface area (TPSA) is 41.5 Å². The molecule has 3 nitrogen and oxygen atoms in total. The van der Waals surface area contributed by atoms with Crippen molar-refractivity contribution in [2.24, 2.45) is 5.92 Å². The van der Waals surface area contributed by atoms with E-state index >= 15 is 0 Å². The Labute approximate surface area is 120 Å². The molecule has 0 saturated heterocycles. The van der Waals surface area contributed by atoms with E-state index in [1.54, 1.807) is 0 Å². The smallest absolute Gasteiger partial charge is 0.0897 e. The maximum Gasteiger partial charge on any atom is 0.0897 e. The molecule has 1 aromatic carbocycles. The van der Waals surface area contributed by atoms with Crippen molar-refractivity contribution in [3.63, 3.8) is 0 Å². The van der Waals surface area contributed by atoms with Crippen LogP contribution in [-0.2, 0) is 4.74 Å². The van der Waals surface area contributed by atoms with E-state index in [0.29, 0.717) is 25.7 Å². The van der Waals surface area contributed by atoms with Crippen molar-refractivity contribution in [2.45, 2.75) is 32.9 Å². The molecule has 19 heavy (non-hydrogen) atoms. The number of nitrogens with one attached hydrogen (secondary N) is 1. The summed E-state index contributed by atoms with van der Waals surface area (Å²) in [7, 11) is 0. The zero-order chi connectivity index (χ0) is 14.3. The van der Waals surface area contributed by atoms with Crippen molar-refractivity contribution in [1.29, 1.82) is 0 Å². The molecule has 0 amide bonds. The first-order chi connectivity index (χ1) is 8.99. The van der Waals surface area contributed by atoms with Gasteiger partial charge in [0.25, 0.3) is 0 Å². The third-order valence-electron chi connectivity index (χ3n) is 2.79. The van der Waals surface area contributed by atoms with Gasteiger partial charge in [-0.25, -0.2) is 0 Å². The number of halogens is 1. The highest BCUT2D eigenvalue weighted by Crippen LogP contribution is 2.15. The van der Waals surface area contributed by atoms with E-state index < -0.39 is 6.10 Å². The van der Waals surface area contributed by atoms with Gasteiger partial charge in [-0.15, -0.1) is 0 Å². The number of aliphatic hydroxyl groups is 1. The van der Waals surface area contributed by atoms with E-state index in [1.807, 2.05) is 24.3 Å². The Morgan fingerprint density at radius 3 is 2.37 bits per heavy atom. The Kier molecular flexibility index (Phi) is 7.39. The number of rotatable bonds is 8. The zero-order valence-corrected chi connectivity index (χ0v) is 12.7. The first-order valence-corrected chi connectivity index (χ1v) is 7.11. The zero-order valence-electron chi connectivity index (χ0n) is 11.9. The van der Waals surface area contributed by atoms with Crippen LogP contribution in [0.15, 0.2) is 24.3 Å². The fourth-order valence-corrected chi connectivity index (χ4v) is 1.81. The standard InChI is InChI=1S/C15H24ClNO2/c1-11(2)9-19-10-15(18)8-17-12(3)13-4-6-14(16)7-5-13/h4-7,11-12,15,17-18H,8-10H2,1-3H3/t12-,15?/m1/s1. The van der Waals surface area contributed by atoms with Gasteiger partial charge >= 0.3 is 0 Å². The predicted molar refractivity (Wildman–Crippen MR) is 79.5 cm³/mol. The van der Waals surface area contributed by atoms with E-state index in [2.05, 4.69) is 26.1 Å². The Morgan fingerprint density at radius 1 is 1.16 bits per heavy atom. The average molecular weight is 286 g/mol. The Morgan fingerprint density at radius 2 is 1.79 bits per heavy atom. The molecular weight excluding hydrogens is 262 g/mol. The Balaban J connectivity index is 2.25. The molecule has 0 radical (unpaired) electrons. The highest BCUT2D eigenvalue weighted by molar-refractivity contribution is 6.30. The van der Waals surface area contributed by atoms with E-state index in [9.17, 15) is 5.11 Å². The van der Waals surface area contributed by atoms with E-state index in [4.69, 9.17) is 16.3 Å². The SMILES string of the molecule is CC(C)COCC(O)CN[C@H](C)c1ccc(Cl)cc1. The summed E-state index contributed by atoms with van der Waals surface area (Å²) >= 11 is 5.85. The first-order valence-electron chi connectivity index (χ1n) is 6.73. The quantitative estimate of drug-likeness (QED) is 0.771. The largest absolute Gasteiger partial charge is 0.389 e. The molecule has 0 aliphatic heterocycles. The molecule has 0 heterocycles. The van der Waals surface area contributed by atoms with Gasteiger partial charge < -0.3 is 15.2 Å². The van der Waals surface area contributed by atoms with E-state index in [0.717, 1.165) is 10.6 Å². The first kappa shape index (κ1) is 16.4. The molecule has 1 rings (SSSR count). The monoisotopic (exact) mass is 285 g/mol. The molecule has 108 valence electrons. The second-order valence-corrected chi connectivity index (χ2v) is 5.70. The Hall–Kier alpha value is -0.610. The van der Waals surface area contributed by atoms with Crippen LogP contribution in [0.5, 0.6) is 0 Å². The van der Waals surface area contributed by atoms with Crippen molar-refractivity contribution >= 4 is 11.6 Å². The molecule has 0 bridgehead atoms. The maximum absolute atomic E-state index is 9.79. The summed E-state index contributed by atoms with van der Waals surface area (Å²) < 4.78 is 5.40. The average Bonchev–Trinajstić information content (AvgIpc) is 2.36. The van der Waals surface area contributed by atoms with Crippen molar-refractivity contribution in [3.8, 4) is 0 Å². The lowest BCUT2D eigenvalue weighted by Gasteiger charge is -2.18. The van der Waals surface area contributed by atoms with Gasteiger partial charge in [-0.05, 0) is 30.5 Å². The summed E-state index contributed by atoms with van der Waals surface area (Å²) in [5.41, 5.74) is 1.15. The molecule has 0 aromatic heterocycles. The second kappa shape index (κ2) is 8.54. The molecule has 0 aliphatic rings. The summed E-state index contributed by atoms with van der Waals surface area (Å²) in [4.78, 5) is 0. The molecule has 0 saturated carbocycles. The van der Waals surface area contributed by atoms with Crippen LogP contribution < -0.4 is 5.32 Å². The lowest BCUT2D eigenvalue weighted by Crippen LogP contribution is -2.32. The normalized spacial score (nSPS) is 14.6. The molecule has 1 aromatic rings. The number of hydrogen-bond acceptors (Lipinski definition) is 3. The van der Waals surface area contributed by atoms with Crippen LogP contribution in [0.2, 0.25) is 5.02 Å². The molecule has 2 atom stereocenters. The highest BCUT2D eigenvalue weighted by atomic mass is 35.5. The summed E-state index contributed by atoms with van der Waals surface area (Å²) in [6, 6.07) is 7.90. The molecule has 2 N–H and O–H groups in total. The number of ether oxygens (including phenoxy) is 1. The summed E-state index contributed by atoms with van der Waals surface area (Å²) in [5, 5.41) is 13.8. The van der Waals surface area contributed by atoms with Gasteiger partial charge in [-0.1, -0.05) is 37.6 Å². The molecule has 1 unspecified atom stereocenters.